The highest BCUT2D eigenvalue weighted by atomic mass is 32.2. The van der Waals surface area contributed by atoms with Crippen molar-refractivity contribution in [1.82, 2.24) is 14.6 Å². The van der Waals surface area contributed by atoms with Crippen molar-refractivity contribution < 1.29 is 0 Å². The van der Waals surface area contributed by atoms with Gasteiger partial charge in [-0.2, -0.15) is 21.4 Å². The van der Waals surface area contributed by atoms with Crippen molar-refractivity contribution in [2.24, 2.45) is 0 Å². The molecule has 90 valence electrons. The molecule has 0 saturated carbocycles. The van der Waals surface area contributed by atoms with Gasteiger partial charge in [0.25, 0.3) is 0 Å². The van der Waals surface area contributed by atoms with Crippen molar-refractivity contribution in [3.8, 4) is 0 Å². The SMILES string of the molecule is Nc1ccnc2cc(CC3CCCCS3)nn12. The van der Waals surface area contributed by atoms with E-state index in [-0.39, 0.29) is 0 Å². The highest BCUT2D eigenvalue weighted by molar-refractivity contribution is 7.99. The number of aromatic nitrogens is 3. The van der Waals surface area contributed by atoms with E-state index in [0.717, 1.165) is 23.0 Å². The van der Waals surface area contributed by atoms with Crippen LogP contribution in [0.5, 0.6) is 0 Å². The minimum absolute atomic E-state index is 0.651. The molecular weight excluding hydrogens is 232 g/mol. The average molecular weight is 248 g/mol. The maximum absolute atomic E-state index is 5.86. The molecule has 0 radical (unpaired) electrons. The summed E-state index contributed by atoms with van der Waals surface area (Å²) in [6.07, 6.45) is 6.78. The maximum Gasteiger partial charge on any atom is 0.157 e. The molecule has 3 heterocycles. The van der Waals surface area contributed by atoms with Crippen molar-refractivity contribution >= 4 is 23.2 Å². The quantitative estimate of drug-likeness (QED) is 0.884. The van der Waals surface area contributed by atoms with Crippen molar-refractivity contribution in [2.45, 2.75) is 30.9 Å². The number of nitrogen functional groups attached to an aromatic ring is 1. The lowest BCUT2D eigenvalue weighted by Crippen LogP contribution is -2.12. The van der Waals surface area contributed by atoms with Crippen LogP contribution in [-0.2, 0) is 6.42 Å². The van der Waals surface area contributed by atoms with Crippen LogP contribution in [0.4, 0.5) is 5.82 Å². The third-order valence-corrected chi connectivity index (χ3v) is 4.55. The van der Waals surface area contributed by atoms with E-state index in [4.69, 9.17) is 5.73 Å². The lowest BCUT2D eigenvalue weighted by Gasteiger charge is -2.19. The molecule has 0 bridgehead atoms. The Bertz CT molecular complexity index is 516. The first-order chi connectivity index (χ1) is 8.33. The molecule has 1 aliphatic rings. The molecule has 0 aromatic carbocycles. The average Bonchev–Trinajstić information content (AvgIpc) is 2.74. The van der Waals surface area contributed by atoms with Crippen molar-refractivity contribution in [3.05, 3.63) is 24.0 Å². The number of hydrogen-bond donors (Lipinski definition) is 1. The van der Waals surface area contributed by atoms with Crippen LogP contribution in [0.15, 0.2) is 18.3 Å². The second kappa shape index (κ2) is 4.56. The van der Waals surface area contributed by atoms with Gasteiger partial charge in [0.2, 0.25) is 0 Å². The van der Waals surface area contributed by atoms with Crippen LogP contribution in [0.1, 0.15) is 25.0 Å². The molecule has 0 spiro atoms. The fraction of sp³-hybridized carbons (Fsp3) is 0.500. The maximum atomic E-state index is 5.86. The number of anilines is 1. The zero-order valence-electron chi connectivity index (χ0n) is 9.67. The highest BCUT2D eigenvalue weighted by Gasteiger charge is 2.16. The van der Waals surface area contributed by atoms with Gasteiger partial charge >= 0.3 is 0 Å². The van der Waals surface area contributed by atoms with Crippen molar-refractivity contribution in [2.75, 3.05) is 11.5 Å². The molecule has 2 aromatic heterocycles. The van der Waals surface area contributed by atoms with Gasteiger partial charge in [0.15, 0.2) is 5.65 Å². The van der Waals surface area contributed by atoms with Crippen LogP contribution in [0, 0.1) is 0 Å². The van der Waals surface area contributed by atoms with E-state index in [1.807, 2.05) is 6.07 Å². The van der Waals surface area contributed by atoms with Gasteiger partial charge in [0, 0.05) is 23.9 Å². The molecule has 1 aliphatic heterocycles. The zero-order valence-corrected chi connectivity index (χ0v) is 10.5. The Kier molecular flexibility index (Phi) is 2.93. The summed E-state index contributed by atoms with van der Waals surface area (Å²) in [5, 5.41) is 5.24. The third-order valence-electron chi connectivity index (χ3n) is 3.15. The largest absolute Gasteiger partial charge is 0.384 e. The topological polar surface area (TPSA) is 56.2 Å². The summed E-state index contributed by atoms with van der Waals surface area (Å²) >= 11 is 2.07. The van der Waals surface area contributed by atoms with Crippen LogP contribution in [0.25, 0.3) is 5.65 Å². The van der Waals surface area contributed by atoms with E-state index in [1.165, 1.54) is 25.0 Å². The summed E-state index contributed by atoms with van der Waals surface area (Å²) < 4.78 is 1.73. The van der Waals surface area contributed by atoms with Crippen LogP contribution < -0.4 is 5.73 Å². The molecule has 0 aliphatic carbocycles. The van der Waals surface area contributed by atoms with Gasteiger partial charge in [-0.3, -0.25) is 0 Å². The standard InChI is InChI=1S/C12H16N4S/c13-11-4-5-14-12-8-9(15-16(11)12)7-10-3-1-2-6-17-10/h4-5,8,10H,1-3,6-7,13H2. The molecule has 5 heteroatoms. The normalized spacial score (nSPS) is 20.8. The molecule has 1 atom stereocenters. The molecule has 4 nitrogen and oxygen atoms in total. The van der Waals surface area contributed by atoms with Crippen LogP contribution in [0.2, 0.25) is 0 Å². The second-order valence-corrected chi connectivity index (χ2v) is 5.88. The zero-order chi connectivity index (χ0) is 11.7. The van der Waals surface area contributed by atoms with Crippen molar-refractivity contribution in [3.63, 3.8) is 0 Å². The number of nitrogens with two attached hydrogens (primary N) is 1. The van der Waals surface area contributed by atoms with Crippen LogP contribution in [0.3, 0.4) is 0 Å². The molecular formula is C12H16N4S. The van der Waals surface area contributed by atoms with Gasteiger partial charge in [-0.1, -0.05) is 6.42 Å². The van der Waals surface area contributed by atoms with E-state index in [2.05, 4.69) is 21.8 Å². The molecule has 2 aromatic rings. The minimum atomic E-state index is 0.651. The van der Waals surface area contributed by atoms with E-state index in [1.54, 1.807) is 16.8 Å². The Hall–Kier alpha value is -1.23. The first kappa shape index (κ1) is 10.9. The van der Waals surface area contributed by atoms with Gasteiger partial charge in [-0.15, -0.1) is 0 Å². The summed E-state index contributed by atoms with van der Waals surface area (Å²) in [6, 6.07) is 3.82. The fourth-order valence-electron chi connectivity index (χ4n) is 2.26. The lowest BCUT2D eigenvalue weighted by molar-refractivity contribution is 0.652. The number of rotatable bonds is 2. The Balaban J connectivity index is 1.83. The van der Waals surface area contributed by atoms with Gasteiger partial charge in [0.05, 0.1) is 5.69 Å². The first-order valence-corrected chi connectivity index (χ1v) is 7.08. The Morgan fingerprint density at radius 2 is 2.41 bits per heavy atom. The smallest absolute Gasteiger partial charge is 0.157 e. The molecule has 3 rings (SSSR count). The molecule has 2 N–H and O–H groups in total. The fourth-order valence-corrected chi connectivity index (χ4v) is 3.59. The Labute approximate surface area is 105 Å². The van der Waals surface area contributed by atoms with Gasteiger partial charge in [-0.05, 0) is 24.7 Å². The van der Waals surface area contributed by atoms with Crippen LogP contribution >= 0.6 is 11.8 Å². The predicted octanol–water partition coefficient (Wildman–Crippen LogP) is 2.14. The Morgan fingerprint density at radius 3 is 3.18 bits per heavy atom. The summed E-state index contributed by atoms with van der Waals surface area (Å²) in [7, 11) is 0. The summed E-state index contributed by atoms with van der Waals surface area (Å²) in [5.74, 6) is 1.94. The highest BCUT2D eigenvalue weighted by Crippen LogP contribution is 2.27. The molecule has 1 unspecified atom stereocenters. The van der Waals surface area contributed by atoms with Crippen molar-refractivity contribution in [1.29, 1.82) is 0 Å². The Morgan fingerprint density at radius 1 is 1.47 bits per heavy atom. The predicted molar refractivity (Wildman–Crippen MR) is 71.2 cm³/mol. The summed E-state index contributed by atoms with van der Waals surface area (Å²) in [5.41, 5.74) is 7.81. The summed E-state index contributed by atoms with van der Waals surface area (Å²) in [6.45, 7) is 0. The molecule has 1 saturated heterocycles. The van der Waals surface area contributed by atoms with Crippen LogP contribution in [-0.4, -0.2) is 25.6 Å². The number of nitrogens with zero attached hydrogens (tertiary/aromatic N) is 3. The number of thioether (sulfide) groups is 1. The first-order valence-electron chi connectivity index (χ1n) is 6.04. The minimum Gasteiger partial charge on any atom is -0.384 e. The van der Waals surface area contributed by atoms with E-state index < -0.39 is 0 Å². The monoisotopic (exact) mass is 248 g/mol. The molecule has 1 fully saturated rings. The summed E-state index contributed by atoms with van der Waals surface area (Å²) in [4.78, 5) is 4.27. The number of fused-ring (bicyclic) bond motifs is 1. The van der Waals surface area contributed by atoms with E-state index in [0.29, 0.717) is 5.82 Å². The lowest BCUT2D eigenvalue weighted by atomic mass is 10.1. The molecule has 0 amide bonds. The second-order valence-electron chi connectivity index (χ2n) is 4.47. The van der Waals surface area contributed by atoms with E-state index in [9.17, 15) is 0 Å². The number of hydrogen-bond acceptors (Lipinski definition) is 4. The molecule has 17 heavy (non-hydrogen) atoms. The third kappa shape index (κ3) is 2.24. The van der Waals surface area contributed by atoms with Gasteiger partial charge in [-0.25, -0.2) is 4.98 Å². The van der Waals surface area contributed by atoms with Gasteiger partial charge in [0.1, 0.15) is 5.82 Å². The van der Waals surface area contributed by atoms with E-state index >= 15 is 0 Å². The van der Waals surface area contributed by atoms with Gasteiger partial charge < -0.3 is 5.73 Å².